The van der Waals surface area contributed by atoms with Crippen LogP contribution in [0, 0.1) is 5.92 Å². The third-order valence-electron chi connectivity index (χ3n) is 4.13. The first kappa shape index (κ1) is 14.9. The molecule has 1 heterocycles. The Balaban J connectivity index is 1.60. The predicted octanol–water partition coefficient (Wildman–Crippen LogP) is 3.64. The van der Waals surface area contributed by atoms with Crippen LogP contribution >= 0.6 is 11.3 Å². The molecule has 1 aromatic heterocycles. The summed E-state index contributed by atoms with van der Waals surface area (Å²) < 4.78 is 5.64. The van der Waals surface area contributed by atoms with E-state index in [0.717, 1.165) is 41.2 Å². The van der Waals surface area contributed by atoms with Crippen LogP contribution in [-0.2, 0) is 4.74 Å². The number of nitrogens with one attached hydrogen (secondary N) is 1. The van der Waals surface area contributed by atoms with Crippen LogP contribution in [0.5, 0.6) is 0 Å². The Hall–Kier alpha value is -1.07. The predicted molar refractivity (Wildman–Crippen MR) is 87.4 cm³/mol. The Kier molecular flexibility index (Phi) is 4.50. The largest absolute Gasteiger partial charge is 0.397 e. The van der Waals surface area contributed by atoms with Gasteiger partial charge in [-0.2, -0.15) is 0 Å². The highest BCUT2D eigenvalue weighted by Gasteiger charge is 2.32. The number of rotatable bonds is 9. The van der Waals surface area contributed by atoms with Crippen molar-refractivity contribution in [1.29, 1.82) is 0 Å². The minimum absolute atomic E-state index is 0.150. The zero-order valence-electron chi connectivity index (χ0n) is 12.6. The first-order valence-electron chi connectivity index (χ1n) is 7.97. The van der Waals surface area contributed by atoms with Gasteiger partial charge in [-0.25, -0.2) is 0 Å². The Morgan fingerprint density at radius 1 is 1.38 bits per heavy atom. The molecule has 5 heteroatoms. The van der Waals surface area contributed by atoms with Crippen molar-refractivity contribution in [3.8, 4) is 0 Å². The van der Waals surface area contributed by atoms with Gasteiger partial charge in [-0.1, -0.05) is 6.92 Å². The van der Waals surface area contributed by atoms with E-state index in [0.29, 0.717) is 12.3 Å². The molecule has 0 aliphatic heterocycles. The Bertz CT molecular complexity index is 519. The van der Waals surface area contributed by atoms with Crippen LogP contribution in [0.2, 0.25) is 0 Å². The fourth-order valence-electron chi connectivity index (χ4n) is 2.50. The van der Waals surface area contributed by atoms with Crippen molar-refractivity contribution in [3.63, 3.8) is 0 Å². The van der Waals surface area contributed by atoms with Crippen LogP contribution in [0.4, 0.5) is 10.7 Å². The van der Waals surface area contributed by atoms with Gasteiger partial charge in [0.2, 0.25) is 0 Å². The number of hydrogen-bond acceptors (Lipinski definition) is 5. The molecule has 0 aromatic carbocycles. The molecular formula is C16H24N2O2S. The molecule has 0 saturated heterocycles. The minimum atomic E-state index is 0.150. The van der Waals surface area contributed by atoms with E-state index < -0.39 is 0 Å². The Morgan fingerprint density at radius 2 is 2.14 bits per heavy atom. The zero-order chi connectivity index (χ0) is 14.8. The molecule has 1 aromatic rings. The van der Waals surface area contributed by atoms with Gasteiger partial charge in [0.25, 0.3) is 0 Å². The van der Waals surface area contributed by atoms with Gasteiger partial charge in [-0.3, -0.25) is 4.79 Å². The monoisotopic (exact) mass is 308 g/mol. The topological polar surface area (TPSA) is 64.3 Å². The number of carbonyl (C=O) groups is 1. The lowest BCUT2D eigenvalue weighted by molar-refractivity contribution is 0.0993. The molecule has 2 saturated carbocycles. The van der Waals surface area contributed by atoms with Crippen LogP contribution in [0.15, 0.2) is 0 Å². The van der Waals surface area contributed by atoms with E-state index in [2.05, 4.69) is 5.32 Å². The molecule has 0 bridgehead atoms. The van der Waals surface area contributed by atoms with E-state index in [4.69, 9.17) is 10.5 Å². The highest BCUT2D eigenvalue weighted by molar-refractivity contribution is 7.18. The van der Waals surface area contributed by atoms with Crippen LogP contribution in [0.1, 0.15) is 60.2 Å². The van der Waals surface area contributed by atoms with E-state index in [1.54, 1.807) is 0 Å². The van der Waals surface area contributed by atoms with Crippen molar-refractivity contribution in [2.24, 2.45) is 5.92 Å². The SMILES string of the molecule is CCC(=O)c1sc(NCCOCC2CC2)c(C2CC2)c1N. The molecule has 4 nitrogen and oxygen atoms in total. The number of ether oxygens (including phenoxy) is 1. The number of ketones is 1. The van der Waals surface area contributed by atoms with Gasteiger partial charge in [-0.15, -0.1) is 11.3 Å². The summed E-state index contributed by atoms with van der Waals surface area (Å²) in [6.45, 7) is 4.28. The number of thiophene rings is 1. The smallest absolute Gasteiger partial charge is 0.174 e. The molecule has 0 spiro atoms. The summed E-state index contributed by atoms with van der Waals surface area (Å²) in [6.07, 6.45) is 5.53. The van der Waals surface area contributed by atoms with E-state index in [9.17, 15) is 4.79 Å². The number of nitrogens with two attached hydrogens (primary N) is 1. The van der Waals surface area contributed by atoms with Gasteiger partial charge < -0.3 is 15.8 Å². The van der Waals surface area contributed by atoms with E-state index >= 15 is 0 Å². The minimum Gasteiger partial charge on any atom is -0.397 e. The zero-order valence-corrected chi connectivity index (χ0v) is 13.4. The second-order valence-electron chi connectivity index (χ2n) is 6.08. The Morgan fingerprint density at radius 3 is 2.76 bits per heavy atom. The van der Waals surface area contributed by atoms with Crippen molar-refractivity contribution >= 4 is 27.8 Å². The van der Waals surface area contributed by atoms with Gasteiger partial charge in [0.1, 0.15) is 0 Å². The number of Topliss-reactive ketones (excluding diaryl/α,β-unsaturated/α-hetero) is 1. The van der Waals surface area contributed by atoms with Gasteiger partial charge >= 0.3 is 0 Å². The van der Waals surface area contributed by atoms with Crippen LogP contribution in [0.3, 0.4) is 0 Å². The molecule has 3 rings (SSSR count). The highest BCUT2D eigenvalue weighted by Crippen LogP contribution is 2.50. The van der Waals surface area contributed by atoms with Gasteiger partial charge in [0, 0.05) is 25.1 Å². The molecular weight excluding hydrogens is 284 g/mol. The van der Waals surface area contributed by atoms with E-state index in [-0.39, 0.29) is 5.78 Å². The molecule has 0 radical (unpaired) electrons. The van der Waals surface area contributed by atoms with Crippen molar-refractivity contribution in [1.82, 2.24) is 0 Å². The molecule has 2 fully saturated rings. The van der Waals surface area contributed by atoms with Crippen molar-refractivity contribution < 1.29 is 9.53 Å². The van der Waals surface area contributed by atoms with Gasteiger partial charge in [0.05, 0.1) is 22.2 Å². The number of hydrogen-bond donors (Lipinski definition) is 2. The summed E-state index contributed by atoms with van der Waals surface area (Å²) in [5, 5.41) is 4.52. The molecule has 0 atom stereocenters. The van der Waals surface area contributed by atoms with Crippen molar-refractivity contribution in [2.75, 3.05) is 30.8 Å². The normalized spacial score (nSPS) is 18.0. The first-order valence-corrected chi connectivity index (χ1v) is 8.79. The summed E-state index contributed by atoms with van der Waals surface area (Å²) >= 11 is 1.52. The molecule has 3 N–H and O–H groups in total. The lowest BCUT2D eigenvalue weighted by Gasteiger charge is -2.08. The van der Waals surface area contributed by atoms with Crippen LogP contribution < -0.4 is 11.1 Å². The summed E-state index contributed by atoms with van der Waals surface area (Å²) in [4.78, 5) is 12.7. The third kappa shape index (κ3) is 3.58. The summed E-state index contributed by atoms with van der Waals surface area (Å²) in [5.41, 5.74) is 8.12. The summed E-state index contributed by atoms with van der Waals surface area (Å²) in [5.74, 6) is 1.50. The van der Waals surface area contributed by atoms with Gasteiger partial charge in [-0.05, 0) is 37.5 Å². The molecule has 21 heavy (non-hydrogen) atoms. The fraction of sp³-hybridized carbons (Fsp3) is 0.688. The first-order chi connectivity index (χ1) is 10.2. The lowest BCUT2D eigenvalue weighted by Crippen LogP contribution is -2.10. The van der Waals surface area contributed by atoms with E-state index in [1.807, 2.05) is 6.92 Å². The number of nitrogen functional groups attached to an aromatic ring is 1. The average Bonchev–Trinajstić information content (AvgIpc) is 3.38. The molecule has 0 amide bonds. The maximum absolute atomic E-state index is 12.0. The highest BCUT2D eigenvalue weighted by atomic mass is 32.1. The maximum atomic E-state index is 12.0. The lowest BCUT2D eigenvalue weighted by atomic mass is 10.1. The molecule has 116 valence electrons. The molecule has 2 aliphatic carbocycles. The quantitative estimate of drug-likeness (QED) is 0.540. The molecule has 2 aliphatic rings. The second-order valence-corrected chi connectivity index (χ2v) is 7.10. The van der Waals surface area contributed by atoms with Crippen LogP contribution in [-0.4, -0.2) is 25.5 Å². The third-order valence-corrected chi connectivity index (χ3v) is 5.35. The van der Waals surface area contributed by atoms with Gasteiger partial charge in [0.15, 0.2) is 5.78 Å². The number of carbonyl (C=O) groups excluding carboxylic acids is 1. The number of anilines is 2. The maximum Gasteiger partial charge on any atom is 0.174 e. The van der Waals surface area contributed by atoms with Crippen molar-refractivity contribution in [3.05, 3.63) is 10.4 Å². The summed E-state index contributed by atoms with van der Waals surface area (Å²) in [6, 6.07) is 0. The standard InChI is InChI=1S/C16H24N2O2S/c1-2-12(19)15-14(17)13(11-5-6-11)16(21-15)18-7-8-20-9-10-3-4-10/h10-11,18H,2-9,17H2,1H3. The van der Waals surface area contributed by atoms with Crippen LogP contribution in [0.25, 0.3) is 0 Å². The Labute approximate surface area is 130 Å². The van der Waals surface area contributed by atoms with Crippen molar-refractivity contribution in [2.45, 2.75) is 44.9 Å². The summed E-state index contributed by atoms with van der Waals surface area (Å²) in [7, 11) is 0. The average molecular weight is 308 g/mol. The van der Waals surface area contributed by atoms with E-state index in [1.165, 1.54) is 42.6 Å². The fourth-order valence-corrected chi connectivity index (χ4v) is 3.75. The molecule has 0 unspecified atom stereocenters. The second kappa shape index (κ2) is 6.36.